The fourth-order valence-corrected chi connectivity index (χ4v) is 9.69. The molecular formula is C33H36N6O4S. The first-order valence-corrected chi connectivity index (χ1v) is 16.1. The first-order valence-electron chi connectivity index (χ1n) is 15.3. The number of carbonyl (C=O) groups is 3. The molecule has 11 heteroatoms. The van der Waals surface area contributed by atoms with Gasteiger partial charge in [-0.3, -0.25) is 14.4 Å². The molecule has 4 aliphatic heterocycles. The van der Waals surface area contributed by atoms with Gasteiger partial charge in [0.25, 0.3) is 0 Å². The van der Waals surface area contributed by atoms with Crippen molar-refractivity contribution in [1.82, 2.24) is 24.8 Å². The molecule has 1 unspecified atom stereocenters. The van der Waals surface area contributed by atoms with E-state index in [1.165, 1.54) is 0 Å². The highest BCUT2D eigenvalue weighted by Crippen LogP contribution is 2.65. The van der Waals surface area contributed by atoms with E-state index in [1.807, 2.05) is 79.7 Å². The lowest BCUT2D eigenvalue weighted by Gasteiger charge is -2.36. The summed E-state index contributed by atoms with van der Waals surface area (Å²) >= 11 is 1.59. The molecule has 0 saturated carbocycles. The van der Waals surface area contributed by atoms with E-state index in [9.17, 15) is 19.5 Å². The molecule has 0 bridgehead atoms. The number of hydrogen-bond acceptors (Lipinski definition) is 7. The summed E-state index contributed by atoms with van der Waals surface area (Å²) in [7, 11) is 0. The van der Waals surface area contributed by atoms with Crippen molar-refractivity contribution in [2.45, 2.75) is 48.4 Å². The fraction of sp³-hybridized carbons (Fsp3) is 0.424. The van der Waals surface area contributed by atoms with Crippen LogP contribution in [-0.2, 0) is 21.1 Å². The number of nitrogens with zero attached hydrogens (tertiary/aromatic N) is 6. The van der Waals surface area contributed by atoms with E-state index in [2.05, 4.69) is 16.4 Å². The van der Waals surface area contributed by atoms with Crippen LogP contribution in [0.15, 0.2) is 78.9 Å². The third-order valence-corrected chi connectivity index (χ3v) is 11.3. The maximum absolute atomic E-state index is 14.7. The van der Waals surface area contributed by atoms with E-state index in [-0.39, 0.29) is 31.0 Å². The van der Waals surface area contributed by atoms with Gasteiger partial charge in [0.15, 0.2) is 0 Å². The molecule has 10 nitrogen and oxygen atoms in total. The molecule has 5 heterocycles. The van der Waals surface area contributed by atoms with Gasteiger partial charge in [-0.05, 0) is 50.5 Å². The highest BCUT2D eigenvalue weighted by molar-refractivity contribution is 8.02. The van der Waals surface area contributed by atoms with Crippen molar-refractivity contribution >= 4 is 46.2 Å². The number of likely N-dealkylation sites (tertiary alicyclic amines) is 1. The number of aromatic nitrogens is 3. The van der Waals surface area contributed by atoms with E-state index >= 15 is 0 Å². The molecule has 2 aromatic carbocycles. The van der Waals surface area contributed by atoms with E-state index in [0.717, 1.165) is 23.1 Å². The van der Waals surface area contributed by atoms with E-state index in [1.54, 1.807) is 31.1 Å². The SMILES string of the molecule is C[C@@]12C=CCN(c3ccccc3)C(=O)[C@@H]1[C@H]1C(=O)N(CCCCCO)C3C(=O)N(Cn4nnc5ccccc54)CC=C[C@@]31S2. The third kappa shape index (κ3) is 4.47. The predicted octanol–water partition coefficient (Wildman–Crippen LogP) is 3.24. The number of benzene rings is 2. The number of para-hydroxylation sites is 2. The zero-order chi connectivity index (χ0) is 30.5. The van der Waals surface area contributed by atoms with E-state index < -0.39 is 27.4 Å². The van der Waals surface area contributed by atoms with Gasteiger partial charge in [0.1, 0.15) is 18.2 Å². The average molecular weight is 613 g/mol. The Labute approximate surface area is 260 Å². The number of hydrogen-bond donors (Lipinski definition) is 1. The summed E-state index contributed by atoms with van der Waals surface area (Å²) < 4.78 is 0.128. The minimum atomic E-state index is -0.913. The number of unbranched alkanes of at least 4 members (excludes halogenated alkanes) is 2. The molecule has 2 fully saturated rings. The van der Waals surface area contributed by atoms with Crippen LogP contribution < -0.4 is 4.90 Å². The molecule has 44 heavy (non-hydrogen) atoms. The molecule has 2 saturated heterocycles. The summed E-state index contributed by atoms with van der Waals surface area (Å²) in [6, 6.07) is 16.4. The minimum absolute atomic E-state index is 0.0810. The van der Waals surface area contributed by atoms with Crippen molar-refractivity contribution in [1.29, 1.82) is 0 Å². The molecule has 7 rings (SSSR count). The Balaban J connectivity index is 1.28. The molecule has 5 atom stereocenters. The molecule has 1 N–H and O–H groups in total. The number of thioether (sulfide) groups is 1. The highest BCUT2D eigenvalue weighted by atomic mass is 32.2. The largest absolute Gasteiger partial charge is 0.396 e. The normalized spacial score (nSPS) is 29.6. The standard InChI is InChI=1S/C33H36N6O4S/c1-32-16-10-20-37(23-12-4-2-5-13-23)29(41)26(32)27-30(42)38(19-8-3-9-21-40)28-31(43)36(18-11-17-33(27,28)44-32)22-39-25-15-7-6-14-24(25)34-35-39/h2,4-7,10-17,26-28,40H,3,8-9,18-22H2,1H3/t26-,27-,28?,32+,33-/m0/s1. The molecule has 1 spiro atoms. The smallest absolute Gasteiger partial charge is 0.248 e. The molecule has 228 valence electrons. The first kappa shape index (κ1) is 28.8. The fourth-order valence-electron chi connectivity index (χ4n) is 7.53. The second-order valence-electron chi connectivity index (χ2n) is 12.2. The molecule has 1 aromatic heterocycles. The Hall–Kier alpha value is -3.96. The lowest BCUT2D eigenvalue weighted by atomic mass is 9.74. The molecule has 4 aliphatic rings. The minimum Gasteiger partial charge on any atom is -0.396 e. The van der Waals surface area contributed by atoms with Crippen molar-refractivity contribution < 1.29 is 19.5 Å². The number of anilines is 1. The number of aliphatic hydroxyl groups is 1. The van der Waals surface area contributed by atoms with Crippen LogP contribution in [0.3, 0.4) is 0 Å². The maximum Gasteiger partial charge on any atom is 0.248 e. The summed E-state index contributed by atoms with van der Waals surface area (Å²) in [4.78, 5) is 49.0. The molecular weight excluding hydrogens is 576 g/mol. The van der Waals surface area contributed by atoms with E-state index in [4.69, 9.17) is 0 Å². The van der Waals surface area contributed by atoms with Crippen molar-refractivity contribution in [3.63, 3.8) is 0 Å². The summed E-state index contributed by atoms with van der Waals surface area (Å²) in [6.45, 7) is 3.48. The quantitative estimate of drug-likeness (QED) is 0.307. The average Bonchev–Trinajstić information content (AvgIpc) is 3.56. The monoisotopic (exact) mass is 612 g/mol. The third-order valence-electron chi connectivity index (χ3n) is 9.49. The van der Waals surface area contributed by atoms with Crippen LogP contribution in [0.2, 0.25) is 0 Å². The maximum atomic E-state index is 14.7. The number of rotatable bonds is 8. The van der Waals surface area contributed by atoms with Crippen LogP contribution in [0.25, 0.3) is 11.0 Å². The second kappa shape index (κ2) is 11.2. The first-order chi connectivity index (χ1) is 21.4. The lowest BCUT2D eigenvalue weighted by Crippen LogP contribution is -2.53. The number of amides is 3. The Kier molecular flexibility index (Phi) is 7.32. The summed E-state index contributed by atoms with van der Waals surface area (Å²) in [5, 5.41) is 17.9. The van der Waals surface area contributed by atoms with E-state index in [0.29, 0.717) is 32.5 Å². The predicted molar refractivity (Wildman–Crippen MR) is 168 cm³/mol. The number of carbonyl (C=O) groups excluding carboxylic acids is 3. The molecule has 0 radical (unpaired) electrons. The molecule has 0 aliphatic carbocycles. The van der Waals surface area contributed by atoms with Crippen LogP contribution in [-0.4, -0.2) is 89.4 Å². The topological polar surface area (TPSA) is 112 Å². The Bertz CT molecular complexity index is 1660. The van der Waals surface area contributed by atoms with Crippen molar-refractivity contribution in [2.24, 2.45) is 11.8 Å². The van der Waals surface area contributed by atoms with Gasteiger partial charge in [-0.25, -0.2) is 4.68 Å². The summed E-state index contributed by atoms with van der Waals surface area (Å²) in [5.74, 6) is -1.75. The van der Waals surface area contributed by atoms with Gasteiger partial charge in [-0.2, -0.15) is 0 Å². The highest BCUT2D eigenvalue weighted by Gasteiger charge is 2.73. The van der Waals surface area contributed by atoms with Gasteiger partial charge in [-0.1, -0.05) is 59.8 Å². The van der Waals surface area contributed by atoms with Crippen molar-refractivity contribution in [3.8, 4) is 0 Å². The zero-order valence-corrected chi connectivity index (χ0v) is 25.5. The lowest BCUT2D eigenvalue weighted by molar-refractivity contribution is -0.143. The van der Waals surface area contributed by atoms with Crippen molar-refractivity contribution in [3.05, 3.63) is 78.9 Å². The summed E-state index contributed by atoms with van der Waals surface area (Å²) in [6.07, 6.45) is 10.2. The van der Waals surface area contributed by atoms with Crippen LogP contribution in [0.4, 0.5) is 5.69 Å². The Morgan fingerprint density at radius 1 is 0.886 bits per heavy atom. The zero-order valence-electron chi connectivity index (χ0n) is 24.7. The van der Waals surface area contributed by atoms with Crippen LogP contribution >= 0.6 is 11.8 Å². The van der Waals surface area contributed by atoms with Gasteiger partial charge in [0, 0.05) is 36.7 Å². The van der Waals surface area contributed by atoms with Gasteiger partial charge < -0.3 is 19.8 Å². The number of aliphatic hydroxyl groups excluding tert-OH is 1. The van der Waals surface area contributed by atoms with Gasteiger partial charge in [0.05, 0.1) is 22.1 Å². The van der Waals surface area contributed by atoms with Crippen LogP contribution in [0.5, 0.6) is 0 Å². The molecule has 3 aromatic rings. The Morgan fingerprint density at radius 2 is 1.66 bits per heavy atom. The summed E-state index contributed by atoms with van der Waals surface area (Å²) in [5.41, 5.74) is 2.36. The van der Waals surface area contributed by atoms with Gasteiger partial charge >= 0.3 is 0 Å². The molecule has 3 amide bonds. The van der Waals surface area contributed by atoms with Crippen LogP contribution in [0, 0.1) is 11.8 Å². The van der Waals surface area contributed by atoms with Crippen LogP contribution in [0.1, 0.15) is 26.2 Å². The van der Waals surface area contributed by atoms with Gasteiger partial charge in [-0.15, -0.1) is 16.9 Å². The van der Waals surface area contributed by atoms with Crippen molar-refractivity contribution in [2.75, 3.05) is 31.1 Å². The number of fused-ring (bicyclic) bond motifs is 3. The Morgan fingerprint density at radius 3 is 2.48 bits per heavy atom. The van der Waals surface area contributed by atoms with Gasteiger partial charge in [0.2, 0.25) is 17.7 Å². The second-order valence-corrected chi connectivity index (χ2v) is 14.0.